The van der Waals surface area contributed by atoms with Gasteiger partial charge in [0.1, 0.15) is 19.0 Å². The van der Waals surface area contributed by atoms with Crippen LogP contribution in [0.25, 0.3) is 0 Å². The van der Waals surface area contributed by atoms with Crippen LogP contribution in [-0.2, 0) is 6.42 Å². The van der Waals surface area contributed by atoms with E-state index in [4.69, 9.17) is 26.8 Å². The molecular weight excluding hydrogens is 290 g/mol. The number of rotatable bonds is 4. The number of benzene rings is 1. The monoisotopic (exact) mass is 305 g/mol. The topological polar surface area (TPSA) is 69.4 Å². The zero-order chi connectivity index (χ0) is 14.7. The van der Waals surface area contributed by atoms with E-state index in [9.17, 15) is 0 Å². The van der Waals surface area contributed by atoms with Crippen molar-refractivity contribution in [3.05, 3.63) is 41.0 Å². The van der Waals surface area contributed by atoms with Gasteiger partial charge < -0.3 is 20.5 Å². The highest BCUT2D eigenvalue weighted by Gasteiger charge is 2.11. The quantitative estimate of drug-likeness (QED) is 0.909. The second-order valence-corrected chi connectivity index (χ2v) is 5.16. The van der Waals surface area contributed by atoms with Crippen LogP contribution in [0, 0.1) is 0 Å². The standard InChI is InChI=1S/C15H16ClN3O2/c16-12-8-11(17)9-19-15(12)18-4-3-10-1-2-13-14(7-10)21-6-5-20-13/h1-2,7-9H,3-6,17H2,(H,18,19). The molecule has 1 aromatic carbocycles. The van der Waals surface area contributed by atoms with Crippen molar-refractivity contribution in [3.8, 4) is 11.5 Å². The van der Waals surface area contributed by atoms with Crippen LogP contribution in [-0.4, -0.2) is 24.7 Å². The molecule has 0 amide bonds. The number of aromatic nitrogens is 1. The summed E-state index contributed by atoms with van der Waals surface area (Å²) >= 11 is 6.06. The number of hydrogen-bond donors (Lipinski definition) is 2. The van der Waals surface area contributed by atoms with Crippen LogP contribution in [0.4, 0.5) is 11.5 Å². The fourth-order valence-electron chi connectivity index (χ4n) is 2.15. The first kappa shape index (κ1) is 13.8. The van der Waals surface area contributed by atoms with E-state index in [2.05, 4.69) is 10.3 Å². The van der Waals surface area contributed by atoms with Crippen molar-refractivity contribution in [2.75, 3.05) is 30.8 Å². The summed E-state index contributed by atoms with van der Waals surface area (Å²) in [5, 5.41) is 3.72. The lowest BCUT2D eigenvalue weighted by Crippen LogP contribution is -2.15. The van der Waals surface area contributed by atoms with E-state index in [1.165, 1.54) is 5.56 Å². The number of fused-ring (bicyclic) bond motifs is 1. The van der Waals surface area contributed by atoms with Gasteiger partial charge in [0.25, 0.3) is 0 Å². The number of nitrogens with one attached hydrogen (secondary N) is 1. The third kappa shape index (κ3) is 3.31. The number of nitrogen functional groups attached to an aromatic ring is 1. The van der Waals surface area contributed by atoms with E-state index < -0.39 is 0 Å². The predicted octanol–water partition coefficient (Wildman–Crippen LogP) is 2.74. The molecule has 5 nitrogen and oxygen atoms in total. The lowest BCUT2D eigenvalue weighted by Gasteiger charge is -2.19. The Morgan fingerprint density at radius 2 is 2.00 bits per heavy atom. The van der Waals surface area contributed by atoms with E-state index in [1.54, 1.807) is 12.3 Å². The molecular formula is C15H16ClN3O2. The summed E-state index contributed by atoms with van der Waals surface area (Å²) in [6, 6.07) is 7.67. The van der Waals surface area contributed by atoms with Crippen molar-refractivity contribution >= 4 is 23.1 Å². The molecule has 3 rings (SSSR count). The Morgan fingerprint density at radius 1 is 1.19 bits per heavy atom. The Kier molecular flexibility index (Phi) is 4.01. The average Bonchev–Trinajstić information content (AvgIpc) is 2.49. The van der Waals surface area contributed by atoms with E-state index in [-0.39, 0.29) is 0 Å². The molecule has 110 valence electrons. The summed E-state index contributed by atoms with van der Waals surface area (Å²) in [7, 11) is 0. The molecule has 21 heavy (non-hydrogen) atoms. The lowest BCUT2D eigenvalue weighted by atomic mass is 10.1. The molecule has 0 aliphatic carbocycles. The first-order valence-electron chi connectivity index (χ1n) is 6.76. The van der Waals surface area contributed by atoms with Gasteiger partial charge in [-0.2, -0.15) is 0 Å². The van der Waals surface area contributed by atoms with E-state index in [0.717, 1.165) is 24.5 Å². The van der Waals surface area contributed by atoms with Gasteiger partial charge in [-0.05, 0) is 30.2 Å². The average molecular weight is 306 g/mol. The molecule has 3 N–H and O–H groups in total. The van der Waals surface area contributed by atoms with Crippen molar-refractivity contribution < 1.29 is 9.47 Å². The van der Waals surface area contributed by atoms with Crippen molar-refractivity contribution in [2.24, 2.45) is 0 Å². The molecule has 0 radical (unpaired) electrons. The second kappa shape index (κ2) is 6.10. The molecule has 6 heteroatoms. The van der Waals surface area contributed by atoms with E-state index in [0.29, 0.717) is 29.7 Å². The van der Waals surface area contributed by atoms with Crippen LogP contribution in [0.1, 0.15) is 5.56 Å². The van der Waals surface area contributed by atoms with Crippen molar-refractivity contribution in [2.45, 2.75) is 6.42 Å². The van der Waals surface area contributed by atoms with Gasteiger partial charge in [0.15, 0.2) is 11.5 Å². The first-order valence-corrected chi connectivity index (χ1v) is 7.13. The van der Waals surface area contributed by atoms with Gasteiger partial charge in [-0.15, -0.1) is 0 Å². The third-order valence-electron chi connectivity index (χ3n) is 3.18. The molecule has 2 heterocycles. The molecule has 0 saturated heterocycles. The molecule has 0 atom stereocenters. The summed E-state index contributed by atoms with van der Waals surface area (Å²) in [4.78, 5) is 4.17. The molecule has 1 aliphatic rings. The third-order valence-corrected chi connectivity index (χ3v) is 3.46. The Hall–Kier alpha value is -2.14. The van der Waals surface area contributed by atoms with Crippen LogP contribution >= 0.6 is 11.6 Å². The van der Waals surface area contributed by atoms with Crippen LogP contribution in [0.2, 0.25) is 5.02 Å². The molecule has 0 spiro atoms. The van der Waals surface area contributed by atoms with Gasteiger partial charge in [0.2, 0.25) is 0 Å². The minimum Gasteiger partial charge on any atom is -0.486 e. The first-order chi connectivity index (χ1) is 10.2. The maximum atomic E-state index is 6.06. The normalized spacial score (nSPS) is 13.0. The number of nitrogens with two attached hydrogens (primary N) is 1. The van der Waals surface area contributed by atoms with Gasteiger partial charge in [-0.1, -0.05) is 17.7 Å². The summed E-state index contributed by atoms with van der Waals surface area (Å²) in [5.74, 6) is 2.26. The zero-order valence-electron chi connectivity index (χ0n) is 11.4. The van der Waals surface area contributed by atoms with Gasteiger partial charge in [0.05, 0.1) is 16.9 Å². The van der Waals surface area contributed by atoms with E-state index in [1.807, 2.05) is 18.2 Å². The van der Waals surface area contributed by atoms with E-state index >= 15 is 0 Å². The lowest BCUT2D eigenvalue weighted by molar-refractivity contribution is 0.171. The Balaban J connectivity index is 1.60. The fraction of sp³-hybridized carbons (Fsp3) is 0.267. The molecule has 1 aliphatic heterocycles. The minimum atomic E-state index is 0.525. The van der Waals surface area contributed by atoms with Gasteiger partial charge in [-0.25, -0.2) is 4.98 Å². The number of halogens is 1. The highest BCUT2D eigenvalue weighted by molar-refractivity contribution is 6.33. The van der Waals surface area contributed by atoms with Crippen LogP contribution in [0.15, 0.2) is 30.5 Å². The predicted molar refractivity (Wildman–Crippen MR) is 83.3 cm³/mol. The van der Waals surface area contributed by atoms with Crippen molar-refractivity contribution in [1.82, 2.24) is 4.98 Å². The molecule has 0 unspecified atom stereocenters. The Labute approximate surface area is 128 Å². The number of anilines is 2. The van der Waals surface area contributed by atoms with Crippen LogP contribution in [0.5, 0.6) is 11.5 Å². The number of nitrogens with zero attached hydrogens (tertiary/aromatic N) is 1. The number of ether oxygens (including phenoxy) is 2. The minimum absolute atomic E-state index is 0.525. The highest BCUT2D eigenvalue weighted by Crippen LogP contribution is 2.30. The van der Waals surface area contributed by atoms with Crippen molar-refractivity contribution in [3.63, 3.8) is 0 Å². The number of pyridine rings is 1. The SMILES string of the molecule is Nc1cnc(NCCc2ccc3c(c2)OCCO3)c(Cl)c1. The van der Waals surface area contributed by atoms with Crippen LogP contribution in [0.3, 0.4) is 0 Å². The molecule has 1 aromatic heterocycles. The molecule has 0 saturated carbocycles. The zero-order valence-corrected chi connectivity index (χ0v) is 12.2. The highest BCUT2D eigenvalue weighted by atomic mass is 35.5. The Morgan fingerprint density at radius 3 is 2.81 bits per heavy atom. The van der Waals surface area contributed by atoms with Gasteiger partial charge >= 0.3 is 0 Å². The van der Waals surface area contributed by atoms with Crippen molar-refractivity contribution in [1.29, 1.82) is 0 Å². The summed E-state index contributed by atoms with van der Waals surface area (Å²) in [5.41, 5.74) is 7.33. The summed E-state index contributed by atoms with van der Waals surface area (Å²) in [6.45, 7) is 1.92. The molecule has 0 bridgehead atoms. The second-order valence-electron chi connectivity index (χ2n) is 4.75. The maximum absolute atomic E-state index is 6.06. The smallest absolute Gasteiger partial charge is 0.161 e. The maximum Gasteiger partial charge on any atom is 0.161 e. The van der Waals surface area contributed by atoms with Crippen LogP contribution < -0.4 is 20.5 Å². The number of hydrogen-bond acceptors (Lipinski definition) is 5. The summed E-state index contributed by atoms with van der Waals surface area (Å²) in [6.07, 6.45) is 2.41. The summed E-state index contributed by atoms with van der Waals surface area (Å²) < 4.78 is 11.1. The van der Waals surface area contributed by atoms with Gasteiger partial charge in [0, 0.05) is 6.54 Å². The largest absolute Gasteiger partial charge is 0.486 e. The molecule has 0 fully saturated rings. The van der Waals surface area contributed by atoms with Gasteiger partial charge in [-0.3, -0.25) is 0 Å². The molecule has 2 aromatic rings. The fourth-order valence-corrected chi connectivity index (χ4v) is 2.39. The Bertz CT molecular complexity index is 649.